The van der Waals surface area contributed by atoms with Gasteiger partial charge in [-0.2, -0.15) is 0 Å². The smallest absolute Gasteiger partial charge is 0.294 e. The molecule has 0 atom stereocenters. The second kappa shape index (κ2) is 7.38. The minimum absolute atomic E-state index is 0.234. The number of morpholine rings is 1. The summed E-state index contributed by atoms with van der Waals surface area (Å²) in [6, 6.07) is 6.93. The molecule has 2 heterocycles. The third kappa shape index (κ3) is 3.80. The van der Waals surface area contributed by atoms with Crippen LogP contribution in [0, 0.1) is 0 Å². The number of amides is 3. The Morgan fingerprint density at radius 1 is 1.21 bits per heavy atom. The van der Waals surface area contributed by atoms with E-state index in [2.05, 4.69) is 0 Å². The maximum atomic E-state index is 12.4. The molecule has 1 aromatic rings. The molecule has 8 heteroatoms. The predicted molar refractivity (Wildman–Crippen MR) is 91.5 cm³/mol. The number of nitrogens with zero attached hydrogens (tertiary/aromatic N) is 2. The summed E-state index contributed by atoms with van der Waals surface area (Å²) in [5, 5.41) is 0.165. The van der Waals surface area contributed by atoms with E-state index in [-0.39, 0.29) is 12.5 Å². The molecule has 0 aliphatic carbocycles. The highest BCUT2D eigenvalue weighted by Crippen LogP contribution is 2.32. The van der Waals surface area contributed by atoms with Gasteiger partial charge in [-0.25, -0.2) is 0 Å². The van der Waals surface area contributed by atoms with Crippen molar-refractivity contribution in [1.82, 2.24) is 9.80 Å². The van der Waals surface area contributed by atoms with E-state index < -0.39 is 11.1 Å². The van der Waals surface area contributed by atoms with Crippen molar-refractivity contribution in [3.63, 3.8) is 0 Å². The molecular formula is C16H15ClN2O4S. The SMILES string of the molecule is O=C(CN1C(=O)S/C(=C/c2ccc(Cl)cc2)C1=O)N1CCOCC1. The molecule has 0 unspecified atom stereocenters. The summed E-state index contributed by atoms with van der Waals surface area (Å²) in [6.45, 7) is 1.68. The minimum atomic E-state index is -0.443. The van der Waals surface area contributed by atoms with E-state index >= 15 is 0 Å². The van der Waals surface area contributed by atoms with Crippen LogP contribution in [-0.2, 0) is 14.3 Å². The Hall–Kier alpha value is -1.83. The number of carbonyl (C=O) groups is 3. The van der Waals surface area contributed by atoms with Gasteiger partial charge in [-0.05, 0) is 35.5 Å². The topological polar surface area (TPSA) is 66.9 Å². The van der Waals surface area contributed by atoms with Gasteiger partial charge in [-0.1, -0.05) is 23.7 Å². The Kier molecular flexibility index (Phi) is 5.23. The number of hydrogen-bond acceptors (Lipinski definition) is 5. The van der Waals surface area contributed by atoms with Gasteiger partial charge in [-0.3, -0.25) is 19.3 Å². The number of halogens is 1. The van der Waals surface area contributed by atoms with Crippen LogP contribution in [0.1, 0.15) is 5.56 Å². The molecule has 2 saturated heterocycles. The summed E-state index contributed by atoms with van der Waals surface area (Å²) in [6.07, 6.45) is 1.63. The molecule has 0 N–H and O–H groups in total. The molecule has 126 valence electrons. The molecule has 0 radical (unpaired) electrons. The average molecular weight is 367 g/mol. The molecule has 0 bridgehead atoms. The van der Waals surface area contributed by atoms with Crippen LogP contribution in [0.5, 0.6) is 0 Å². The predicted octanol–water partition coefficient (Wildman–Crippen LogP) is 2.24. The van der Waals surface area contributed by atoms with Crippen LogP contribution in [0.15, 0.2) is 29.2 Å². The quantitative estimate of drug-likeness (QED) is 0.767. The number of carbonyl (C=O) groups excluding carboxylic acids is 3. The van der Waals surface area contributed by atoms with E-state index in [1.807, 2.05) is 0 Å². The van der Waals surface area contributed by atoms with Crippen molar-refractivity contribution in [2.75, 3.05) is 32.8 Å². The van der Waals surface area contributed by atoms with E-state index in [0.29, 0.717) is 36.2 Å². The van der Waals surface area contributed by atoms with E-state index in [1.54, 1.807) is 35.2 Å². The second-order valence-electron chi connectivity index (χ2n) is 5.31. The normalized spacial score (nSPS) is 20.1. The first-order chi connectivity index (χ1) is 11.5. The fraction of sp³-hybridized carbons (Fsp3) is 0.312. The van der Waals surface area contributed by atoms with Gasteiger partial charge in [0, 0.05) is 18.1 Å². The van der Waals surface area contributed by atoms with Crippen molar-refractivity contribution in [2.24, 2.45) is 0 Å². The first kappa shape index (κ1) is 17.0. The number of imide groups is 1. The summed E-state index contributed by atoms with van der Waals surface area (Å²) in [5.74, 6) is -0.685. The number of ether oxygens (including phenoxy) is 1. The van der Waals surface area contributed by atoms with Crippen molar-refractivity contribution >= 4 is 46.5 Å². The molecule has 2 aliphatic heterocycles. The van der Waals surface area contributed by atoms with Crippen LogP contribution >= 0.6 is 23.4 Å². The molecule has 3 rings (SSSR count). The van der Waals surface area contributed by atoms with Gasteiger partial charge >= 0.3 is 0 Å². The second-order valence-corrected chi connectivity index (χ2v) is 6.74. The molecule has 2 fully saturated rings. The maximum absolute atomic E-state index is 12.4. The van der Waals surface area contributed by atoms with Crippen LogP contribution in [0.2, 0.25) is 5.02 Å². The van der Waals surface area contributed by atoms with E-state index in [0.717, 1.165) is 22.2 Å². The van der Waals surface area contributed by atoms with E-state index in [1.165, 1.54) is 0 Å². The molecular weight excluding hydrogens is 352 g/mol. The highest BCUT2D eigenvalue weighted by Gasteiger charge is 2.37. The maximum Gasteiger partial charge on any atom is 0.294 e. The van der Waals surface area contributed by atoms with Crippen LogP contribution in [0.3, 0.4) is 0 Å². The lowest BCUT2D eigenvalue weighted by Crippen LogP contribution is -2.46. The third-order valence-electron chi connectivity index (χ3n) is 3.70. The van der Waals surface area contributed by atoms with Crippen LogP contribution in [0.25, 0.3) is 6.08 Å². The third-order valence-corrected chi connectivity index (χ3v) is 4.86. The summed E-state index contributed by atoms with van der Waals surface area (Å²) in [7, 11) is 0. The molecule has 0 saturated carbocycles. The number of hydrogen-bond donors (Lipinski definition) is 0. The number of thioether (sulfide) groups is 1. The number of benzene rings is 1. The Morgan fingerprint density at radius 3 is 2.54 bits per heavy atom. The highest BCUT2D eigenvalue weighted by atomic mass is 35.5. The lowest BCUT2D eigenvalue weighted by atomic mass is 10.2. The summed E-state index contributed by atoms with van der Waals surface area (Å²) in [5.41, 5.74) is 0.768. The first-order valence-corrected chi connectivity index (χ1v) is 8.60. The zero-order valence-corrected chi connectivity index (χ0v) is 14.3. The van der Waals surface area contributed by atoms with Crippen molar-refractivity contribution in [3.05, 3.63) is 39.8 Å². The monoisotopic (exact) mass is 366 g/mol. The average Bonchev–Trinajstić information content (AvgIpc) is 2.85. The Bertz CT molecular complexity index is 699. The van der Waals surface area contributed by atoms with E-state index in [9.17, 15) is 14.4 Å². The summed E-state index contributed by atoms with van der Waals surface area (Å²) >= 11 is 6.67. The molecule has 1 aromatic carbocycles. The lowest BCUT2D eigenvalue weighted by molar-refractivity contribution is -0.139. The Labute approximate surface area is 148 Å². The molecule has 0 spiro atoms. The molecule has 3 amide bonds. The summed E-state index contributed by atoms with van der Waals surface area (Å²) < 4.78 is 5.19. The van der Waals surface area contributed by atoms with Crippen LogP contribution in [0.4, 0.5) is 4.79 Å². The van der Waals surface area contributed by atoms with Gasteiger partial charge < -0.3 is 9.64 Å². The molecule has 2 aliphatic rings. The Balaban J connectivity index is 1.69. The standard InChI is InChI=1S/C16H15ClN2O4S/c17-12-3-1-11(2-4-12)9-13-15(21)19(16(22)24-13)10-14(20)18-5-7-23-8-6-18/h1-4,9H,5-8,10H2/b13-9+. The minimum Gasteiger partial charge on any atom is -0.378 e. The van der Waals surface area contributed by atoms with Crippen LogP contribution in [-0.4, -0.2) is 59.7 Å². The van der Waals surface area contributed by atoms with Gasteiger partial charge in [0.2, 0.25) is 5.91 Å². The Morgan fingerprint density at radius 2 is 1.88 bits per heavy atom. The zero-order chi connectivity index (χ0) is 17.1. The van der Waals surface area contributed by atoms with Gasteiger partial charge in [-0.15, -0.1) is 0 Å². The highest BCUT2D eigenvalue weighted by molar-refractivity contribution is 8.18. The van der Waals surface area contributed by atoms with Crippen molar-refractivity contribution < 1.29 is 19.1 Å². The zero-order valence-electron chi connectivity index (χ0n) is 12.7. The van der Waals surface area contributed by atoms with Crippen LogP contribution < -0.4 is 0 Å². The molecule has 0 aromatic heterocycles. The molecule has 24 heavy (non-hydrogen) atoms. The van der Waals surface area contributed by atoms with Crippen molar-refractivity contribution in [1.29, 1.82) is 0 Å². The van der Waals surface area contributed by atoms with Gasteiger partial charge in [0.15, 0.2) is 0 Å². The fourth-order valence-electron chi connectivity index (χ4n) is 2.39. The summed E-state index contributed by atoms with van der Waals surface area (Å²) in [4.78, 5) is 39.6. The van der Waals surface area contributed by atoms with Crippen molar-refractivity contribution in [3.8, 4) is 0 Å². The van der Waals surface area contributed by atoms with Gasteiger partial charge in [0.05, 0.1) is 18.1 Å². The van der Waals surface area contributed by atoms with E-state index in [4.69, 9.17) is 16.3 Å². The molecule has 6 nitrogen and oxygen atoms in total. The van der Waals surface area contributed by atoms with Gasteiger partial charge in [0.1, 0.15) is 6.54 Å². The number of rotatable bonds is 3. The van der Waals surface area contributed by atoms with Gasteiger partial charge in [0.25, 0.3) is 11.1 Å². The lowest BCUT2D eigenvalue weighted by Gasteiger charge is -2.28. The first-order valence-electron chi connectivity index (χ1n) is 7.41. The fourth-order valence-corrected chi connectivity index (χ4v) is 3.36. The van der Waals surface area contributed by atoms with Crippen molar-refractivity contribution in [2.45, 2.75) is 0 Å². The largest absolute Gasteiger partial charge is 0.378 e.